The quantitative estimate of drug-likeness (QED) is 0.512. The molecule has 0 aliphatic rings. The Bertz CT molecular complexity index is 314. The molecular weight excluding hydrogens is 162 g/mol. The first-order valence-corrected chi connectivity index (χ1v) is 4.24. The molecule has 0 saturated carbocycles. The second-order valence-corrected chi connectivity index (χ2v) is 2.92. The van der Waals surface area contributed by atoms with Crippen LogP contribution in [-0.4, -0.2) is 18.5 Å². The van der Waals surface area contributed by atoms with Crippen molar-refractivity contribution in [1.82, 2.24) is 0 Å². The van der Waals surface area contributed by atoms with E-state index in [9.17, 15) is 4.79 Å². The van der Waals surface area contributed by atoms with Gasteiger partial charge in [-0.05, 0) is 6.92 Å². The molecule has 0 unspecified atom stereocenters. The first-order valence-electron chi connectivity index (χ1n) is 4.24. The summed E-state index contributed by atoms with van der Waals surface area (Å²) in [4.78, 5) is 15.5. The topological polar surface area (TPSA) is 29.4 Å². The summed E-state index contributed by atoms with van der Waals surface area (Å²) in [7, 11) is 1.70. The van der Waals surface area contributed by atoms with Crippen LogP contribution < -0.4 is 0 Å². The lowest BCUT2D eigenvalue weighted by molar-refractivity contribution is 0.100. The van der Waals surface area contributed by atoms with Gasteiger partial charge in [0, 0.05) is 24.7 Å². The first kappa shape index (κ1) is 9.65. The molecule has 0 N–H and O–H groups in total. The Balaban J connectivity index is 2.70. The van der Waals surface area contributed by atoms with Crippen LogP contribution in [0, 0.1) is 0 Å². The van der Waals surface area contributed by atoms with Gasteiger partial charge in [-0.15, -0.1) is 0 Å². The van der Waals surface area contributed by atoms with Gasteiger partial charge in [-0.1, -0.05) is 30.3 Å². The van der Waals surface area contributed by atoms with Gasteiger partial charge < -0.3 is 0 Å². The maximum Gasteiger partial charge on any atom is 0.168 e. The van der Waals surface area contributed by atoms with Crippen molar-refractivity contribution < 1.29 is 4.79 Å². The second-order valence-electron chi connectivity index (χ2n) is 2.92. The maximum absolute atomic E-state index is 11.5. The van der Waals surface area contributed by atoms with E-state index >= 15 is 0 Å². The van der Waals surface area contributed by atoms with Crippen molar-refractivity contribution in [3.8, 4) is 0 Å². The van der Waals surface area contributed by atoms with E-state index in [2.05, 4.69) is 4.99 Å². The number of carbonyl (C=O) groups is 1. The average molecular weight is 175 g/mol. The normalized spacial score (nSPS) is 11.4. The van der Waals surface area contributed by atoms with E-state index in [1.807, 2.05) is 37.3 Å². The van der Waals surface area contributed by atoms with E-state index in [0.717, 1.165) is 11.3 Å². The SMILES string of the molecule is CN=C(C)CC(=O)c1ccccc1. The standard InChI is InChI=1S/C11H13NO/c1-9(12-2)8-11(13)10-6-4-3-5-7-10/h3-7H,8H2,1-2H3. The van der Waals surface area contributed by atoms with Gasteiger partial charge in [0.25, 0.3) is 0 Å². The highest BCUT2D eigenvalue weighted by Gasteiger charge is 2.05. The highest BCUT2D eigenvalue weighted by molar-refractivity contribution is 6.08. The van der Waals surface area contributed by atoms with Crippen LogP contribution in [0.5, 0.6) is 0 Å². The maximum atomic E-state index is 11.5. The van der Waals surface area contributed by atoms with Crippen LogP contribution in [0.2, 0.25) is 0 Å². The molecule has 1 aromatic rings. The Morgan fingerprint density at radius 3 is 2.46 bits per heavy atom. The van der Waals surface area contributed by atoms with Crippen LogP contribution in [0.15, 0.2) is 35.3 Å². The summed E-state index contributed by atoms with van der Waals surface area (Å²) in [5.74, 6) is 0.128. The summed E-state index contributed by atoms with van der Waals surface area (Å²) in [6, 6.07) is 9.28. The highest BCUT2D eigenvalue weighted by Crippen LogP contribution is 2.03. The number of ketones is 1. The minimum atomic E-state index is 0.128. The Morgan fingerprint density at radius 2 is 1.92 bits per heavy atom. The molecule has 0 aliphatic carbocycles. The van der Waals surface area contributed by atoms with E-state index in [1.54, 1.807) is 7.05 Å². The predicted molar refractivity (Wildman–Crippen MR) is 54.4 cm³/mol. The van der Waals surface area contributed by atoms with Gasteiger partial charge in [-0.2, -0.15) is 0 Å². The molecule has 0 aromatic heterocycles. The number of aliphatic imine (C=N–C) groups is 1. The molecule has 0 saturated heterocycles. The van der Waals surface area contributed by atoms with Crippen molar-refractivity contribution >= 4 is 11.5 Å². The molecule has 0 amide bonds. The lowest BCUT2D eigenvalue weighted by Crippen LogP contribution is -2.04. The molecule has 0 radical (unpaired) electrons. The molecule has 0 bridgehead atoms. The minimum Gasteiger partial charge on any atom is -0.297 e. The largest absolute Gasteiger partial charge is 0.297 e. The lowest BCUT2D eigenvalue weighted by atomic mass is 10.1. The number of benzene rings is 1. The predicted octanol–water partition coefficient (Wildman–Crippen LogP) is 2.35. The number of Topliss-reactive ketones (excluding diaryl/α,β-unsaturated/α-hetero) is 1. The van der Waals surface area contributed by atoms with Crippen molar-refractivity contribution in [2.24, 2.45) is 4.99 Å². The molecule has 0 aliphatic heterocycles. The Morgan fingerprint density at radius 1 is 1.31 bits per heavy atom. The fourth-order valence-electron chi connectivity index (χ4n) is 1.04. The van der Waals surface area contributed by atoms with Crippen molar-refractivity contribution in [3.05, 3.63) is 35.9 Å². The van der Waals surface area contributed by atoms with Crippen molar-refractivity contribution in [2.45, 2.75) is 13.3 Å². The van der Waals surface area contributed by atoms with Gasteiger partial charge in [-0.25, -0.2) is 0 Å². The zero-order chi connectivity index (χ0) is 9.68. The lowest BCUT2D eigenvalue weighted by Gasteiger charge is -1.99. The van der Waals surface area contributed by atoms with Crippen LogP contribution in [0.3, 0.4) is 0 Å². The number of hydrogen-bond acceptors (Lipinski definition) is 2. The summed E-state index contributed by atoms with van der Waals surface area (Å²) < 4.78 is 0. The highest BCUT2D eigenvalue weighted by atomic mass is 16.1. The van der Waals surface area contributed by atoms with E-state index in [-0.39, 0.29) is 5.78 Å². The van der Waals surface area contributed by atoms with Crippen LogP contribution in [0.4, 0.5) is 0 Å². The summed E-state index contributed by atoms with van der Waals surface area (Å²) in [6.07, 6.45) is 0.417. The molecule has 0 fully saturated rings. The molecule has 2 nitrogen and oxygen atoms in total. The van der Waals surface area contributed by atoms with Crippen LogP contribution >= 0.6 is 0 Å². The average Bonchev–Trinajstić information content (AvgIpc) is 2.19. The van der Waals surface area contributed by atoms with Crippen molar-refractivity contribution in [3.63, 3.8) is 0 Å². The van der Waals surface area contributed by atoms with E-state index in [1.165, 1.54) is 0 Å². The first-order chi connectivity index (χ1) is 6.24. The van der Waals surface area contributed by atoms with Crippen molar-refractivity contribution in [1.29, 1.82) is 0 Å². The number of rotatable bonds is 3. The monoisotopic (exact) mass is 175 g/mol. The summed E-state index contributed by atoms with van der Waals surface area (Å²) in [6.45, 7) is 1.86. The fraction of sp³-hybridized carbons (Fsp3) is 0.273. The summed E-state index contributed by atoms with van der Waals surface area (Å²) in [5.41, 5.74) is 1.62. The minimum absolute atomic E-state index is 0.128. The second kappa shape index (κ2) is 4.55. The Hall–Kier alpha value is -1.44. The molecule has 1 aromatic carbocycles. The number of nitrogens with zero attached hydrogens (tertiary/aromatic N) is 1. The van der Waals surface area contributed by atoms with Gasteiger partial charge in [0.05, 0.1) is 0 Å². The smallest absolute Gasteiger partial charge is 0.168 e. The zero-order valence-electron chi connectivity index (χ0n) is 7.95. The molecule has 0 spiro atoms. The molecule has 1 rings (SSSR count). The molecular formula is C11H13NO. The molecule has 0 heterocycles. The number of hydrogen-bond donors (Lipinski definition) is 0. The summed E-state index contributed by atoms with van der Waals surface area (Å²) in [5, 5.41) is 0. The fourth-order valence-corrected chi connectivity index (χ4v) is 1.04. The van der Waals surface area contributed by atoms with Gasteiger partial charge in [-0.3, -0.25) is 9.79 Å². The third-order valence-electron chi connectivity index (χ3n) is 1.89. The van der Waals surface area contributed by atoms with Crippen LogP contribution in [-0.2, 0) is 0 Å². The third-order valence-corrected chi connectivity index (χ3v) is 1.89. The van der Waals surface area contributed by atoms with Gasteiger partial charge in [0.1, 0.15) is 0 Å². The van der Waals surface area contributed by atoms with Gasteiger partial charge in [0.2, 0.25) is 0 Å². The zero-order valence-corrected chi connectivity index (χ0v) is 7.95. The molecule has 68 valence electrons. The Kier molecular flexibility index (Phi) is 3.38. The van der Waals surface area contributed by atoms with Crippen LogP contribution in [0.1, 0.15) is 23.7 Å². The molecule has 13 heavy (non-hydrogen) atoms. The Labute approximate surface area is 78.3 Å². The van der Waals surface area contributed by atoms with E-state index in [0.29, 0.717) is 6.42 Å². The molecule has 0 atom stereocenters. The van der Waals surface area contributed by atoms with E-state index < -0.39 is 0 Å². The molecule has 2 heteroatoms. The van der Waals surface area contributed by atoms with Gasteiger partial charge >= 0.3 is 0 Å². The number of carbonyl (C=O) groups excluding carboxylic acids is 1. The third kappa shape index (κ3) is 2.82. The van der Waals surface area contributed by atoms with Gasteiger partial charge in [0.15, 0.2) is 5.78 Å². The van der Waals surface area contributed by atoms with Crippen LogP contribution in [0.25, 0.3) is 0 Å². The summed E-state index contributed by atoms with van der Waals surface area (Å²) >= 11 is 0. The van der Waals surface area contributed by atoms with Crippen molar-refractivity contribution in [2.75, 3.05) is 7.05 Å². The van der Waals surface area contributed by atoms with E-state index in [4.69, 9.17) is 0 Å².